The molecule has 0 amide bonds. The molecule has 5 rings (SSSR count). The zero-order chi connectivity index (χ0) is 22.2. The summed E-state index contributed by atoms with van der Waals surface area (Å²) >= 11 is 0. The van der Waals surface area contributed by atoms with Crippen LogP contribution in [0.2, 0.25) is 0 Å². The number of benzene rings is 1. The zero-order valence-electron chi connectivity index (χ0n) is 19.5. The van der Waals surface area contributed by atoms with Gasteiger partial charge in [-0.2, -0.15) is 0 Å². The molecular weight excluding hydrogens is 386 g/mol. The first-order valence-corrected chi connectivity index (χ1v) is 12.2. The van der Waals surface area contributed by atoms with E-state index in [9.17, 15) is 15.3 Å². The van der Waals surface area contributed by atoms with Crippen LogP contribution >= 0.6 is 0 Å². The molecule has 1 aromatic rings. The van der Waals surface area contributed by atoms with Crippen LogP contribution in [0.3, 0.4) is 0 Å². The monoisotopic (exact) mass is 425 g/mol. The molecule has 4 nitrogen and oxygen atoms in total. The smallest absolute Gasteiger partial charge is 0.111 e. The second-order valence-electron chi connectivity index (χ2n) is 11.6. The second-order valence-corrected chi connectivity index (χ2v) is 11.6. The van der Waals surface area contributed by atoms with Crippen LogP contribution in [-0.2, 0) is 5.60 Å². The van der Waals surface area contributed by atoms with Crippen molar-refractivity contribution in [2.24, 2.45) is 28.6 Å². The number of hydrogen-bond acceptors (Lipinski definition) is 4. The van der Waals surface area contributed by atoms with Crippen LogP contribution in [0.1, 0.15) is 64.4 Å². The third-order valence-corrected chi connectivity index (χ3v) is 9.97. The van der Waals surface area contributed by atoms with Crippen LogP contribution in [0, 0.1) is 28.6 Å². The molecule has 4 aliphatic rings. The lowest BCUT2D eigenvalue weighted by molar-refractivity contribution is -0.148. The van der Waals surface area contributed by atoms with Crippen molar-refractivity contribution in [3.05, 3.63) is 41.5 Å². The maximum absolute atomic E-state index is 12.5. The van der Waals surface area contributed by atoms with Gasteiger partial charge in [0.2, 0.25) is 0 Å². The average Bonchev–Trinajstić information content (AvgIpc) is 3.04. The normalized spacial score (nSPS) is 46.5. The molecule has 0 saturated heterocycles. The van der Waals surface area contributed by atoms with Gasteiger partial charge in [-0.25, -0.2) is 0 Å². The summed E-state index contributed by atoms with van der Waals surface area (Å²) in [4.78, 5) is 2.08. The fourth-order valence-electron chi connectivity index (χ4n) is 7.97. The van der Waals surface area contributed by atoms with E-state index < -0.39 is 5.60 Å². The Balaban J connectivity index is 1.67. The van der Waals surface area contributed by atoms with E-state index in [0.717, 1.165) is 49.8 Å². The van der Waals surface area contributed by atoms with Crippen LogP contribution in [0.5, 0.6) is 0 Å². The second kappa shape index (κ2) is 7.07. The molecule has 1 aromatic carbocycles. The first kappa shape index (κ1) is 21.5. The maximum atomic E-state index is 12.5. The van der Waals surface area contributed by atoms with Crippen molar-refractivity contribution in [3.63, 3.8) is 0 Å². The van der Waals surface area contributed by atoms with Crippen molar-refractivity contribution < 1.29 is 15.3 Å². The summed E-state index contributed by atoms with van der Waals surface area (Å²) in [5.41, 5.74) is 2.18. The maximum Gasteiger partial charge on any atom is 0.111 e. The molecule has 4 aliphatic carbocycles. The predicted molar refractivity (Wildman–Crippen MR) is 124 cm³/mol. The molecule has 0 heterocycles. The Hall–Kier alpha value is -1.36. The molecule has 3 saturated carbocycles. The Morgan fingerprint density at radius 3 is 2.29 bits per heavy atom. The zero-order valence-corrected chi connectivity index (χ0v) is 19.5. The molecule has 4 heteroatoms. The predicted octanol–water partition coefficient (Wildman–Crippen LogP) is 4.23. The topological polar surface area (TPSA) is 63.9 Å². The van der Waals surface area contributed by atoms with Gasteiger partial charge in [-0.15, -0.1) is 0 Å². The SMILES string of the molecule is CN(C)c1ccc([C@]2(O)C=C3C[C@@H](O)CC[C@]3(C)[C@H]3CC[C@]4(C)[C@@H](O)CC[C@H]4[C@@H]32)cc1. The Morgan fingerprint density at radius 2 is 1.61 bits per heavy atom. The molecule has 0 unspecified atom stereocenters. The minimum Gasteiger partial charge on any atom is -0.393 e. The van der Waals surface area contributed by atoms with Crippen molar-refractivity contribution in [2.75, 3.05) is 19.0 Å². The highest BCUT2D eigenvalue weighted by Crippen LogP contribution is 2.68. The Morgan fingerprint density at radius 1 is 0.903 bits per heavy atom. The Labute approximate surface area is 187 Å². The molecule has 31 heavy (non-hydrogen) atoms. The molecule has 170 valence electrons. The molecule has 0 spiro atoms. The van der Waals surface area contributed by atoms with E-state index in [1.165, 1.54) is 5.57 Å². The van der Waals surface area contributed by atoms with Gasteiger partial charge in [-0.05, 0) is 91.4 Å². The lowest BCUT2D eigenvalue weighted by atomic mass is 9.44. The summed E-state index contributed by atoms with van der Waals surface area (Å²) in [6.45, 7) is 4.64. The lowest BCUT2D eigenvalue weighted by Crippen LogP contribution is -2.58. The van der Waals surface area contributed by atoms with Gasteiger partial charge in [0.05, 0.1) is 12.2 Å². The molecule has 0 bridgehead atoms. The van der Waals surface area contributed by atoms with Gasteiger partial charge in [0, 0.05) is 25.7 Å². The molecule has 3 N–H and O–H groups in total. The van der Waals surface area contributed by atoms with E-state index in [2.05, 4.69) is 49.1 Å². The van der Waals surface area contributed by atoms with Crippen molar-refractivity contribution in [3.8, 4) is 0 Å². The number of aliphatic hydroxyl groups is 3. The molecular formula is C27H39NO3. The number of nitrogens with zero attached hydrogens (tertiary/aromatic N) is 1. The van der Waals surface area contributed by atoms with Crippen LogP contribution in [0.4, 0.5) is 5.69 Å². The van der Waals surface area contributed by atoms with Crippen LogP contribution in [0.15, 0.2) is 35.9 Å². The third kappa shape index (κ3) is 2.98. The molecule has 3 fully saturated rings. The van der Waals surface area contributed by atoms with Gasteiger partial charge in [0.25, 0.3) is 0 Å². The van der Waals surface area contributed by atoms with E-state index in [1.54, 1.807) is 0 Å². The quantitative estimate of drug-likeness (QED) is 0.621. The standard InChI is InChI=1S/C27H39NO3/c1-25-13-11-20(29)15-18(25)16-27(31,17-5-7-19(8-6-17)28(3)4)24-21-9-10-23(30)26(21,2)14-12-22(24)25/h5-8,16,20-24,29-31H,9-15H2,1-4H3/t20-,21-,22-,23-,24-,25-,26-,27+/m0/s1. The minimum atomic E-state index is -1.06. The number of rotatable bonds is 2. The first-order chi connectivity index (χ1) is 14.6. The lowest BCUT2D eigenvalue weighted by Gasteiger charge is -2.62. The number of fused-ring (bicyclic) bond motifs is 5. The Bertz CT molecular complexity index is 879. The van der Waals surface area contributed by atoms with E-state index in [-0.39, 0.29) is 29.0 Å². The molecule has 0 radical (unpaired) electrons. The largest absolute Gasteiger partial charge is 0.393 e. The summed E-state index contributed by atoms with van der Waals surface area (Å²) in [6.07, 6.45) is 7.95. The van der Waals surface area contributed by atoms with Crippen molar-refractivity contribution in [1.29, 1.82) is 0 Å². The number of aliphatic hydroxyl groups excluding tert-OH is 2. The van der Waals surface area contributed by atoms with Crippen LogP contribution in [-0.4, -0.2) is 41.6 Å². The van der Waals surface area contributed by atoms with Gasteiger partial charge in [0.15, 0.2) is 0 Å². The van der Waals surface area contributed by atoms with Crippen LogP contribution in [0.25, 0.3) is 0 Å². The molecule has 0 aromatic heterocycles. The summed E-state index contributed by atoms with van der Waals surface area (Å²) in [5, 5.41) is 33.9. The van der Waals surface area contributed by atoms with Crippen LogP contribution < -0.4 is 4.90 Å². The fraction of sp³-hybridized carbons (Fsp3) is 0.704. The summed E-state index contributed by atoms with van der Waals surface area (Å²) in [5.74, 6) is 0.778. The van der Waals surface area contributed by atoms with Gasteiger partial charge in [-0.1, -0.05) is 31.6 Å². The van der Waals surface area contributed by atoms with Gasteiger partial charge in [-0.3, -0.25) is 0 Å². The fourth-order valence-corrected chi connectivity index (χ4v) is 7.97. The van der Waals surface area contributed by atoms with E-state index >= 15 is 0 Å². The first-order valence-electron chi connectivity index (χ1n) is 12.2. The summed E-state index contributed by atoms with van der Waals surface area (Å²) in [7, 11) is 4.06. The number of hydrogen-bond donors (Lipinski definition) is 3. The highest BCUT2D eigenvalue weighted by Gasteiger charge is 2.64. The summed E-state index contributed by atoms with van der Waals surface area (Å²) < 4.78 is 0. The summed E-state index contributed by atoms with van der Waals surface area (Å²) in [6, 6.07) is 8.36. The van der Waals surface area contributed by atoms with Gasteiger partial charge in [0.1, 0.15) is 5.60 Å². The van der Waals surface area contributed by atoms with Crippen molar-refractivity contribution >= 4 is 5.69 Å². The van der Waals surface area contributed by atoms with Crippen molar-refractivity contribution in [1.82, 2.24) is 0 Å². The van der Waals surface area contributed by atoms with Crippen molar-refractivity contribution in [2.45, 2.75) is 76.6 Å². The number of anilines is 1. The van der Waals surface area contributed by atoms with E-state index in [4.69, 9.17) is 0 Å². The van der Waals surface area contributed by atoms with E-state index in [0.29, 0.717) is 18.3 Å². The third-order valence-electron chi connectivity index (χ3n) is 9.97. The highest BCUT2D eigenvalue weighted by atomic mass is 16.3. The molecule has 0 aliphatic heterocycles. The highest BCUT2D eigenvalue weighted by molar-refractivity contribution is 5.49. The average molecular weight is 426 g/mol. The minimum absolute atomic E-state index is 0.0363. The Kier molecular flexibility index (Phi) is 4.90. The van der Waals surface area contributed by atoms with Gasteiger partial charge < -0.3 is 20.2 Å². The van der Waals surface area contributed by atoms with E-state index in [1.807, 2.05) is 14.1 Å². The molecule has 8 atom stereocenters. The van der Waals surface area contributed by atoms with Gasteiger partial charge >= 0.3 is 0 Å².